The predicted octanol–water partition coefficient (Wildman–Crippen LogP) is 4.35. The second-order valence-corrected chi connectivity index (χ2v) is 7.03. The second-order valence-electron chi connectivity index (χ2n) is 7.03. The first-order chi connectivity index (χ1) is 12.1. The molecule has 5 nitrogen and oxygen atoms in total. The van der Waals surface area contributed by atoms with Gasteiger partial charge in [0, 0.05) is 12.8 Å². The molecule has 25 heavy (non-hydrogen) atoms. The molecule has 1 atom stereocenters. The summed E-state index contributed by atoms with van der Waals surface area (Å²) in [5.74, 6) is -0.620. The van der Waals surface area contributed by atoms with Crippen molar-refractivity contribution in [3.63, 3.8) is 0 Å². The number of ether oxygens (including phenoxy) is 3. The van der Waals surface area contributed by atoms with E-state index in [1.807, 2.05) is 0 Å². The fraction of sp³-hybridized carbons (Fsp3) is 0.950. The summed E-state index contributed by atoms with van der Waals surface area (Å²) in [5.41, 5.74) is 0. The maximum absolute atomic E-state index is 11.3. The summed E-state index contributed by atoms with van der Waals surface area (Å²) in [6.45, 7) is 5.82. The first-order valence-corrected chi connectivity index (χ1v) is 10.2. The van der Waals surface area contributed by atoms with Crippen molar-refractivity contribution < 1.29 is 24.1 Å². The summed E-state index contributed by atoms with van der Waals surface area (Å²) >= 11 is 0. The molecule has 0 bridgehead atoms. The van der Waals surface area contributed by atoms with Crippen LogP contribution in [-0.4, -0.2) is 42.8 Å². The molecule has 0 aromatic heterocycles. The minimum absolute atomic E-state index is 0.114. The Morgan fingerprint density at radius 1 is 1.00 bits per heavy atom. The van der Waals surface area contributed by atoms with Gasteiger partial charge in [-0.25, -0.2) is 0 Å². The fourth-order valence-corrected chi connectivity index (χ4v) is 3.37. The summed E-state index contributed by atoms with van der Waals surface area (Å²) in [6.07, 6.45) is 11.3. The van der Waals surface area contributed by atoms with E-state index in [4.69, 9.17) is 14.2 Å². The maximum Gasteiger partial charge on any atom is 0.308 e. The van der Waals surface area contributed by atoms with Crippen molar-refractivity contribution >= 4 is 5.97 Å². The zero-order valence-corrected chi connectivity index (χ0v) is 16.3. The van der Waals surface area contributed by atoms with Crippen molar-refractivity contribution in [3.05, 3.63) is 0 Å². The molecule has 1 saturated heterocycles. The van der Waals surface area contributed by atoms with Crippen molar-refractivity contribution in [3.8, 4) is 0 Å². The molecular formula is C20H38O5. The number of hydrogen-bond donors (Lipinski definition) is 1. The molecule has 1 fully saturated rings. The maximum atomic E-state index is 11.3. The highest BCUT2D eigenvalue weighted by Crippen LogP contribution is 2.31. The highest BCUT2D eigenvalue weighted by Gasteiger charge is 2.34. The van der Waals surface area contributed by atoms with E-state index in [2.05, 4.69) is 6.92 Å². The Morgan fingerprint density at radius 3 is 2.24 bits per heavy atom. The topological polar surface area (TPSA) is 65.0 Å². The van der Waals surface area contributed by atoms with Crippen LogP contribution in [0.3, 0.4) is 0 Å². The first-order valence-electron chi connectivity index (χ1n) is 10.2. The standard InChI is InChI=1S/C20H38O5/c1-3-5-10-13-20(24-15-16-25-20)14-11-8-6-7-9-12-18(21)17-19(22)23-4-2/h18,21H,3-17H2,1-2H3. The van der Waals surface area contributed by atoms with E-state index in [0.717, 1.165) is 58.2 Å². The zero-order chi connectivity index (χ0) is 18.4. The van der Waals surface area contributed by atoms with E-state index in [9.17, 15) is 9.90 Å². The molecule has 0 aromatic carbocycles. The molecule has 5 heteroatoms. The Morgan fingerprint density at radius 2 is 1.60 bits per heavy atom. The van der Waals surface area contributed by atoms with Crippen LogP contribution in [0.4, 0.5) is 0 Å². The first kappa shape index (κ1) is 22.4. The van der Waals surface area contributed by atoms with Gasteiger partial charge in [-0.1, -0.05) is 45.4 Å². The van der Waals surface area contributed by atoms with Gasteiger partial charge in [-0.2, -0.15) is 0 Å². The SMILES string of the molecule is CCCCCC1(CCCCCCCC(O)CC(=O)OCC)OCCO1. The fourth-order valence-electron chi connectivity index (χ4n) is 3.37. The average Bonchev–Trinajstić information content (AvgIpc) is 3.03. The zero-order valence-electron chi connectivity index (χ0n) is 16.3. The second kappa shape index (κ2) is 13.5. The van der Waals surface area contributed by atoms with Crippen LogP contribution in [0.25, 0.3) is 0 Å². The van der Waals surface area contributed by atoms with Gasteiger partial charge in [0.15, 0.2) is 5.79 Å². The van der Waals surface area contributed by atoms with Crippen molar-refractivity contribution in [1.82, 2.24) is 0 Å². The summed E-state index contributed by atoms with van der Waals surface area (Å²) in [7, 11) is 0. The molecule has 0 aromatic rings. The smallest absolute Gasteiger partial charge is 0.308 e. The number of esters is 1. The van der Waals surface area contributed by atoms with Gasteiger partial charge in [0.1, 0.15) is 0 Å². The number of rotatable bonds is 15. The van der Waals surface area contributed by atoms with E-state index < -0.39 is 6.10 Å². The van der Waals surface area contributed by atoms with Gasteiger partial charge < -0.3 is 19.3 Å². The lowest BCUT2D eigenvalue weighted by molar-refractivity contribution is -0.168. The monoisotopic (exact) mass is 358 g/mol. The number of aliphatic hydroxyl groups is 1. The molecule has 148 valence electrons. The molecule has 1 heterocycles. The summed E-state index contributed by atoms with van der Waals surface area (Å²) in [5, 5.41) is 9.80. The molecular weight excluding hydrogens is 320 g/mol. The molecule has 1 unspecified atom stereocenters. The number of carbonyl (C=O) groups is 1. The van der Waals surface area contributed by atoms with Crippen molar-refractivity contribution in [2.75, 3.05) is 19.8 Å². The Labute approximate surface area is 153 Å². The van der Waals surface area contributed by atoms with Crippen LogP contribution in [0.2, 0.25) is 0 Å². The van der Waals surface area contributed by atoms with Crippen LogP contribution >= 0.6 is 0 Å². The number of unbranched alkanes of at least 4 members (excludes halogenated alkanes) is 6. The number of carbonyl (C=O) groups excluding carboxylic acids is 1. The van der Waals surface area contributed by atoms with Gasteiger partial charge in [0.2, 0.25) is 0 Å². The Bertz CT molecular complexity index is 339. The van der Waals surface area contributed by atoms with Crippen LogP contribution in [0.5, 0.6) is 0 Å². The largest absolute Gasteiger partial charge is 0.466 e. The van der Waals surface area contributed by atoms with Crippen LogP contribution < -0.4 is 0 Å². The van der Waals surface area contributed by atoms with E-state index in [0.29, 0.717) is 13.0 Å². The van der Waals surface area contributed by atoms with E-state index in [1.165, 1.54) is 19.3 Å². The van der Waals surface area contributed by atoms with Gasteiger partial charge in [-0.3, -0.25) is 4.79 Å². The normalized spacial score (nSPS) is 17.6. The Balaban J connectivity index is 2.04. The molecule has 0 saturated carbocycles. The van der Waals surface area contributed by atoms with Crippen molar-refractivity contribution in [1.29, 1.82) is 0 Å². The molecule has 0 spiro atoms. The highest BCUT2D eigenvalue weighted by atomic mass is 16.7. The van der Waals surface area contributed by atoms with Gasteiger partial charge in [0.25, 0.3) is 0 Å². The Hall–Kier alpha value is -0.650. The third-order valence-electron chi connectivity index (χ3n) is 4.78. The van der Waals surface area contributed by atoms with Crippen LogP contribution in [0.1, 0.15) is 90.9 Å². The summed E-state index contributed by atoms with van der Waals surface area (Å²) in [4.78, 5) is 11.3. The van der Waals surface area contributed by atoms with Gasteiger partial charge in [0.05, 0.1) is 32.3 Å². The minimum atomic E-state index is -0.568. The lowest BCUT2D eigenvalue weighted by Crippen LogP contribution is -2.30. The van der Waals surface area contributed by atoms with Crippen LogP contribution in [0, 0.1) is 0 Å². The third kappa shape index (κ3) is 10.2. The van der Waals surface area contributed by atoms with Gasteiger partial charge in [-0.05, 0) is 26.2 Å². The van der Waals surface area contributed by atoms with Gasteiger partial charge >= 0.3 is 5.97 Å². The molecule has 1 aliphatic rings. The molecule has 1 rings (SSSR count). The molecule has 1 aliphatic heterocycles. The Kier molecular flexibility index (Phi) is 12.1. The number of hydrogen-bond acceptors (Lipinski definition) is 5. The summed E-state index contributed by atoms with van der Waals surface area (Å²) in [6, 6.07) is 0. The quantitative estimate of drug-likeness (QED) is 0.348. The van der Waals surface area contributed by atoms with Crippen LogP contribution in [-0.2, 0) is 19.0 Å². The lowest BCUT2D eigenvalue weighted by Gasteiger charge is -2.27. The van der Waals surface area contributed by atoms with Crippen molar-refractivity contribution in [2.45, 2.75) is 103 Å². The van der Waals surface area contributed by atoms with Crippen LogP contribution in [0.15, 0.2) is 0 Å². The molecule has 0 amide bonds. The summed E-state index contributed by atoms with van der Waals surface area (Å²) < 4.78 is 16.7. The average molecular weight is 359 g/mol. The number of aliphatic hydroxyl groups excluding tert-OH is 1. The predicted molar refractivity (Wildman–Crippen MR) is 98.4 cm³/mol. The van der Waals surface area contributed by atoms with E-state index in [-0.39, 0.29) is 18.2 Å². The third-order valence-corrected chi connectivity index (χ3v) is 4.78. The lowest BCUT2D eigenvalue weighted by atomic mass is 9.99. The van der Waals surface area contributed by atoms with Gasteiger partial charge in [-0.15, -0.1) is 0 Å². The molecule has 0 aliphatic carbocycles. The molecule has 1 N–H and O–H groups in total. The van der Waals surface area contributed by atoms with E-state index in [1.54, 1.807) is 6.92 Å². The molecule has 0 radical (unpaired) electrons. The minimum Gasteiger partial charge on any atom is -0.466 e. The van der Waals surface area contributed by atoms with Crippen molar-refractivity contribution in [2.24, 2.45) is 0 Å². The van der Waals surface area contributed by atoms with E-state index >= 15 is 0 Å². The highest BCUT2D eigenvalue weighted by molar-refractivity contribution is 5.69.